The van der Waals surface area contributed by atoms with Gasteiger partial charge in [-0.25, -0.2) is 0 Å². The van der Waals surface area contributed by atoms with Crippen LogP contribution in [0.1, 0.15) is 50.5 Å². The maximum Gasteiger partial charge on any atom is 0.258 e. The Kier molecular flexibility index (Phi) is 7.66. The molecule has 1 aliphatic carbocycles. The molecular weight excluding hydrogens is 302 g/mol. The molecule has 24 heavy (non-hydrogen) atoms. The Hall–Kier alpha value is -1.97. The molecule has 1 saturated carbocycles. The second-order valence-corrected chi connectivity index (χ2v) is 6.38. The minimum atomic E-state index is -0.0576. The van der Waals surface area contributed by atoms with Crippen LogP contribution in [0.5, 0.6) is 11.5 Å². The largest absolute Gasteiger partial charge is 0.493 e. The van der Waals surface area contributed by atoms with E-state index < -0.39 is 0 Å². The number of methoxy groups -OCH3 is 1. The van der Waals surface area contributed by atoms with Crippen molar-refractivity contribution in [2.45, 2.75) is 57.4 Å². The Labute approximate surface area is 145 Å². The molecule has 1 amide bonds. The smallest absolute Gasteiger partial charge is 0.258 e. The third-order valence-corrected chi connectivity index (χ3v) is 4.44. The molecule has 2 rings (SSSR count). The minimum absolute atomic E-state index is 0.0215. The van der Waals surface area contributed by atoms with Crippen molar-refractivity contribution in [3.05, 3.63) is 36.4 Å². The van der Waals surface area contributed by atoms with E-state index in [4.69, 9.17) is 9.47 Å². The zero-order valence-corrected chi connectivity index (χ0v) is 14.7. The molecule has 1 N–H and O–H groups in total. The van der Waals surface area contributed by atoms with Crippen molar-refractivity contribution in [3.63, 3.8) is 0 Å². The van der Waals surface area contributed by atoms with E-state index in [-0.39, 0.29) is 12.5 Å². The minimum Gasteiger partial charge on any atom is -0.493 e. The van der Waals surface area contributed by atoms with Gasteiger partial charge < -0.3 is 14.8 Å². The summed E-state index contributed by atoms with van der Waals surface area (Å²) in [6.07, 6.45) is 11.0. The van der Waals surface area contributed by atoms with Crippen molar-refractivity contribution in [2.75, 3.05) is 13.7 Å². The molecule has 0 aromatic heterocycles. The Bertz CT molecular complexity index is 534. The lowest BCUT2D eigenvalue weighted by Gasteiger charge is -2.21. The number of carbonyl (C=O) groups excluding carboxylic acids is 1. The van der Waals surface area contributed by atoms with Crippen molar-refractivity contribution in [2.24, 2.45) is 0 Å². The predicted octanol–water partition coefficient (Wildman–Crippen LogP) is 4.03. The number of hydrogen-bond acceptors (Lipinski definition) is 3. The van der Waals surface area contributed by atoms with Gasteiger partial charge in [-0.15, -0.1) is 6.58 Å². The predicted molar refractivity (Wildman–Crippen MR) is 96.6 cm³/mol. The van der Waals surface area contributed by atoms with Gasteiger partial charge in [-0.2, -0.15) is 0 Å². The maximum atomic E-state index is 12.2. The quantitative estimate of drug-likeness (QED) is 0.767. The van der Waals surface area contributed by atoms with E-state index in [1.165, 1.54) is 32.1 Å². The highest BCUT2D eigenvalue weighted by Crippen LogP contribution is 2.28. The number of benzene rings is 1. The first kappa shape index (κ1) is 18.4. The molecule has 1 aliphatic rings. The van der Waals surface area contributed by atoms with Gasteiger partial charge in [0.25, 0.3) is 5.91 Å². The zero-order chi connectivity index (χ0) is 17.2. The van der Waals surface area contributed by atoms with E-state index in [1.807, 2.05) is 24.3 Å². The van der Waals surface area contributed by atoms with E-state index in [0.29, 0.717) is 17.5 Å². The fraction of sp³-hybridized carbons (Fsp3) is 0.550. The van der Waals surface area contributed by atoms with E-state index in [0.717, 1.165) is 24.8 Å². The SMILES string of the molecule is C=CCc1ccc(OCC(=O)NC2CCCCCCC2)c(OC)c1. The van der Waals surface area contributed by atoms with Crippen molar-refractivity contribution < 1.29 is 14.3 Å². The first-order valence-electron chi connectivity index (χ1n) is 8.93. The van der Waals surface area contributed by atoms with Gasteiger partial charge in [0.15, 0.2) is 18.1 Å². The lowest BCUT2D eigenvalue weighted by Crippen LogP contribution is -2.38. The molecule has 4 nitrogen and oxygen atoms in total. The molecule has 1 aromatic rings. The van der Waals surface area contributed by atoms with Crippen LogP contribution in [0, 0.1) is 0 Å². The highest BCUT2D eigenvalue weighted by molar-refractivity contribution is 5.77. The Morgan fingerprint density at radius 3 is 2.58 bits per heavy atom. The van der Waals surface area contributed by atoms with Gasteiger partial charge in [0.05, 0.1) is 7.11 Å². The molecule has 0 bridgehead atoms. The third kappa shape index (κ3) is 5.91. The van der Waals surface area contributed by atoms with Crippen molar-refractivity contribution in [1.29, 1.82) is 0 Å². The number of nitrogens with one attached hydrogen (secondary N) is 1. The molecule has 0 unspecified atom stereocenters. The fourth-order valence-corrected chi connectivity index (χ4v) is 3.14. The van der Waals surface area contributed by atoms with Crippen LogP contribution < -0.4 is 14.8 Å². The number of hydrogen-bond donors (Lipinski definition) is 1. The van der Waals surface area contributed by atoms with Crippen LogP contribution >= 0.6 is 0 Å². The van der Waals surface area contributed by atoms with E-state index in [1.54, 1.807) is 7.11 Å². The highest BCUT2D eigenvalue weighted by Gasteiger charge is 2.15. The number of amides is 1. The molecule has 0 saturated heterocycles. The molecule has 0 radical (unpaired) electrons. The maximum absolute atomic E-state index is 12.2. The van der Waals surface area contributed by atoms with E-state index >= 15 is 0 Å². The second-order valence-electron chi connectivity index (χ2n) is 6.38. The second kappa shape index (κ2) is 10.0. The molecule has 0 heterocycles. The molecule has 1 aromatic carbocycles. The average molecular weight is 331 g/mol. The summed E-state index contributed by atoms with van der Waals surface area (Å²) in [5.74, 6) is 1.18. The molecule has 132 valence electrons. The van der Waals surface area contributed by atoms with Gasteiger partial charge >= 0.3 is 0 Å². The molecule has 0 aliphatic heterocycles. The van der Waals surface area contributed by atoms with Crippen LogP contribution in [-0.4, -0.2) is 25.7 Å². The number of carbonyl (C=O) groups is 1. The summed E-state index contributed by atoms with van der Waals surface area (Å²) >= 11 is 0. The molecule has 0 atom stereocenters. The van der Waals surface area contributed by atoms with Crippen molar-refractivity contribution >= 4 is 5.91 Å². The third-order valence-electron chi connectivity index (χ3n) is 4.44. The Morgan fingerprint density at radius 1 is 1.21 bits per heavy atom. The van der Waals surface area contributed by atoms with Crippen LogP contribution in [0.15, 0.2) is 30.9 Å². The van der Waals surface area contributed by atoms with Crippen LogP contribution in [0.25, 0.3) is 0 Å². The summed E-state index contributed by atoms with van der Waals surface area (Å²) in [5, 5.41) is 3.11. The number of allylic oxidation sites excluding steroid dienone is 1. The first-order chi connectivity index (χ1) is 11.7. The van der Waals surface area contributed by atoms with Crippen LogP contribution in [0.3, 0.4) is 0 Å². The van der Waals surface area contributed by atoms with Gasteiger partial charge in [0.1, 0.15) is 0 Å². The molecule has 0 spiro atoms. The Balaban J connectivity index is 1.85. The standard InChI is InChI=1S/C20H29NO3/c1-3-9-16-12-13-18(19(14-16)23-2)24-15-20(22)21-17-10-7-5-4-6-8-11-17/h3,12-14,17H,1,4-11,15H2,2H3,(H,21,22). The Morgan fingerprint density at radius 2 is 1.92 bits per heavy atom. The summed E-state index contributed by atoms with van der Waals surface area (Å²) in [6, 6.07) is 6.02. The fourth-order valence-electron chi connectivity index (χ4n) is 3.14. The van der Waals surface area contributed by atoms with Crippen LogP contribution in [0.2, 0.25) is 0 Å². The van der Waals surface area contributed by atoms with E-state index in [2.05, 4.69) is 11.9 Å². The van der Waals surface area contributed by atoms with Gasteiger partial charge in [-0.3, -0.25) is 4.79 Å². The summed E-state index contributed by atoms with van der Waals surface area (Å²) in [6.45, 7) is 3.76. The van der Waals surface area contributed by atoms with Crippen LogP contribution in [0.4, 0.5) is 0 Å². The zero-order valence-electron chi connectivity index (χ0n) is 14.7. The lowest BCUT2D eigenvalue weighted by atomic mass is 9.97. The summed E-state index contributed by atoms with van der Waals surface area (Å²) in [4.78, 5) is 12.2. The summed E-state index contributed by atoms with van der Waals surface area (Å²) in [7, 11) is 1.61. The normalized spacial score (nSPS) is 15.9. The number of rotatable bonds is 7. The molecule has 4 heteroatoms. The lowest BCUT2D eigenvalue weighted by molar-refractivity contribution is -0.123. The van der Waals surface area contributed by atoms with Gasteiger partial charge in [-0.05, 0) is 37.0 Å². The summed E-state index contributed by atoms with van der Waals surface area (Å²) in [5.41, 5.74) is 1.10. The molecule has 1 fully saturated rings. The van der Waals surface area contributed by atoms with Crippen molar-refractivity contribution in [3.8, 4) is 11.5 Å². The topological polar surface area (TPSA) is 47.6 Å². The van der Waals surface area contributed by atoms with Crippen LogP contribution in [-0.2, 0) is 11.2 Å². The molecular formula is C20H29NO3. The average Bonchev–Trinajstić information content (AvgIpc) is 2.56. The van der Waals surface area contributed by atoms with Gasteiger partial charge in [-0.1, -0.05) is 44.2 Å². The van der Waals surface area contributed by atoms with Gasteiger partial charge in [0, 0.05) is 6.04 Å². The highest BCUT2D eigenvalue weighted by atomic mass is 16.5. The number of ether oxygens (including phenoxy) is 2. The van der Waals surface area contributed by atoms with E-state index in [9.17, 15) is 4.79 Å². The monoisotopic (exact) mass is 331 g/mol. The van der Waals surface area contributed by atoms with Gasteiger partial charge in [0.2, 0.25) is 0 Å². The van der Waals surface area contributed by atoms with Crippen molar-refractivity contribution in [1.82, 2.24) is 5.32 Å². The summed E-state index contributed by atoms with van der Waals surface area (Å²) < 4.78 is 11.0. The first-order valence-corrected chi connectivity index (χ1v) is 8.93.